The molecule has 3 N–H and O–H groups in total. The largest absolute Gasteiger partial charge is 0.463 e. The summed E-state index contributed by atoms with van der Waals surface area (Å²) in [7, 11) is 0. The second kappa shape index (κ2) is 8.16. The number of ether oxygens (including phenoxy) is 1. The first-order chi connectivity index (χ1) is 12.2. The first-order valence-corrected chi connectivity index (χ1v) is 8.95. The van der Waals surface area contributed by atoms with Gasteiger partial charge in [-0.2, -0.15) is 0 Å². The van der Waals surface area contributed by atoms with Crippen molar-refractivity contribution in [2.24, 2.45) is 0 Å². The molecular formula is C19H25N3O3. The molecule has 0 bridgehead atoms. The molecule has 1 heterocycles. The molecule has 1 aliphatic heterocycles. The second-order valence-electron chi connectivity index (χ2n) is 6.42. The van der Waals surface area contributed by atoms with E-state index >= 15 is 0 Å². The van der Waals surface area contributed by atoms with Crippen molar-refractivity contribution in [3.05, 3.63) is 47.2 Å². The Morgan fingerprint density at radius 3 is 2.64 bits per heavy atom. The van der Waals surface area contributed by atoms with Crippen LogP contribution in [0.15, 0.2) is 41.6 Å². The van der Waals surface area contributed by atoms with Crippen LogP contribution in [-0.2, 0) is 9.53 Å². The van der Waals surface area contributed by atoms with Crippen LogP contribution in [0.25, 0.3) is 0 Å². The molecule has 1 aliphatic carbocycles. The third-order valence-corrected chi connectivity index (χ3v) is 4.70. The summed E-state index contributed by atoms with van der Waals surface area (Å²) in [5.74, 6) is -0.396. The Balaban J connectivity index is 1.90. The zero-order chi connectivity index (χ0) is 17.6. The molecular weight excluding hydrogens is 318 g/mol. The Morgan fingerprint density at radius 2 is 1.96 bits per heavy atom. The summed E-state index contributed by atoms with van der Waals surface area (Å²) in [5.41, 5.74) is 1.93. The molecule has 6 nitrogen and oxygen atoms in total. The van der Waals surface area contributed by atoms with E-state index in [0.29, 0.717) is 30.5 Å². The van der Waals surface area contributed by atoms with E-state index in [1.54, 1.807) is 6.92 Å². The Bertz CT molecular complexity index is 651. The molecule has 25 heavy (non-hydrogen) atoms. The van der Waals surface area contributed by atoms with E-state index in [2.05, 4.69) is 16.0 Å². The molecule has 2 aliphatic rings. The van der Waals surface area contributed by atoms with Gasteiger partial charge in [0.15, 0.2) is 0 Å². The monoisotopic (exact) mass is 343 g/mol. The van der Waals surface area contributed by atoms with Gasteiger partial charge in [-0.05, 0) is 25.3 Å². The van der Waals surface area contributed by atoms with E-state index in [1.165, 1.54) is 12.8 Å². The Morgan fingerprint density at radius 1 is 1.24 bits per heavy atom. The third-order valence-electron chi connectivity index (χ3n) is 4.70. The minimum absolute atomic E-state index is 0.293. The lowest BCUT2D eigenvalue weighted by Gasteiger charge is -2.30. The maximum Gasteiger partial charge on any atom is 0.338 e. The van der Waals surface area contributed by atoms with Gasteiger partial charge in [-0.1, -0.05) is 43.2 Å². The van der Waals surface area contributed by atoms with Crippen molar-refractivity contribution in [2.45, 2.75) is 44.7 Å². The number of carbonyl (C=O) groups excluding carboxylic acids is 2. The highest BCUT2D eigenvalue weighted by molar-refractivity contribution is 5.95. The van der Waals surface area contributed by atoms with Crippen molar-refractivity contribution in [1.82, 2.24) is 16.0 Å². The van der Waals surface area contributed by atoms with Crippen LogP contribution >= 0.6 is 0 Å². The van der Waals surface area contributed by atoms with Crippen molar-refractivity contribution >= 4 is 12.0 Å². The molecule has 6 heteroatoms. The van der Waals surface area contributed by atoms with Crippen LogP contribution in [0.5, 0.6) is 0 Å². The van der Waals surface area contributed by atoms with Crippen LogP contribution in [0, 0.1) is 0 Å². The summed E-state index contributed by atoms with van der Waals surface area (Å²) in [6.07, 6.45) is 4.72. The normalized spacial score (nSPS) is 21.0. The van der Waals surface area contributed by atoms with Gasteiger partial charge in [0, 0.05) is 18.3 Å². The molecule has 1 fully saturated rings. The van der Waals surface area contributed by atoms with E-state index in [4.69, 9.17) is 4.74 Å². The number of amides is 2. The van der Waals surface area contributed by atoms with Gasteiger partial charge >= 0.3 is 12.0 Å². The lowest BCUT2D eigenvalue weighted by Crippen LogP contribution is -2.48. The topological polar surface area (TPSA) is 79.5 Å². The van der Waals surface area contributed by atoms with Gasteiger partial charge in [0.1, 0.15) is 0 Å². The number of carbonyl (C=O) groups is 2. The second-order valence-corrected chi connectivity index (χ2v) is 6.42. The molecule has 3 rings (SSSR count). The molecule has 1 saturated carbocycles. The molecule has 0 saturated heterocycles. The number of hydrogen-bond donors (Lipinski definition) is 3. The van der Waals surface area contributed by atoms with E-state index in [1.807, 2.05) is 30.3 Å². The van der Waals surface area contributed by atoms with Gasteiger partial charge in [0.05, 0.1) is 18.2 Å². The molecule has 1 aromatic carbocycles. The predicted molar refractivity (Wildman–Crippen MR) is 94.8 cm³/mol. The van der Waals surface area contributed by atoms with E-state index in [9.17, 15) is 9.59 Å². The van der Waals surface area contributed by atoms with Crippen LogP contribution in [0.1, 0.15) is 44.2 Å². The van der Waals surface area contributed by atoms with Gasteiger partial charge in [0.25, 0.3) is 0 Å². The van der Waals surface area contributed by atoms with E-state index < -0.39 is 12.0 Å². The van der Waals surface area contributed by atoms with E-state index in [-0.39, 0.29) is 6.03 Å². The fourth-order valence-electron chi connectivity index (χ4n) is 3.48. The number of hydrogen-bond acceptors (Lipinski definition) is 4. The fourth-order valence-corrected chi connectivity index (χ4v) is 3.48. The van der Waals surface area contributed by atoms with Gasteiger partial charge in [0.2, 0.25) is 0 Å². The summed E-state index contributed by atoms with van der Waals surface area (Å²) in [5, 5.41) is 9.10. The Hall–Kier alpha value is -2.34. The van der Waals surface area contributed by atoms with Crippen LogP contribution in [0.2, 0.25) is 0 Å². The summed E-state index contributed by atoms with van der Waals surface area (Å²) in [4.78, 5) is 24.7. The molecule has 1 atom stereocenters. The minimum Gasteiger partial charge on any atom is -0.463 e. The number of nitrogens with one attached hydrogen (secondary N) is 3. The number of benzene rings is 1. The van der Waals surface area contributed by atoms with Gasteiger partial charge in [-0.3, -0.25) is 0 Å². The highest BCUT2D eigenvalue weighted by Crippen LogP contribution is 2.28. The molecule has 134 valence electrons. The zero-order valence-electron chi connectivity index (χ0n) is 14.5. The smallest absolute Gasteiger partial charge is 0.338 e. The summed E-state index contributed by atoms with van der Waals surface area (Å²) >= 11 is 0. The van der Waals surface area contributed by atoms with Crippen LogP contribution < -0.4 is 16.0 Å². The molecule has 1 aromatic rings. The third kappa shape index (κ3) is 4.20. The van der Waals surface area contributed by atoms with Crippen LogP contribution in [0.3, 0.4) is 0 Å². The van der Waals surface area contributed by atoms with E-state index in [0.717, 1.165) is 18.4 Å². The molecule has 0 spiro atoms. The quantitative estimate of drug-likeness (QED) is 0.693. The average Bonchev–Trinajstić information content (AvgIpc) is 3.14. The Kier molecular flexibility index (Phi) is 5.71. The standard InChI is InChI=1S/C19H25N3O3/c1-2-25-18(23)16-15(12-20-14-10-6-7-11-14)21-19(24)22-17(16)13-8-4-3-5-9-13/h3-5,8-9,14,17,20H,2,6-7,10-12H2,1H3,(H2,21,22,24)/t17-/m1/s1. The first kappa shape index (κ1) is 17.5. The maximum atomic E-state index is 12.6. The maximum absolute atomic E-state index is 12.6. The van der Waals surface area contributed by atoms with Crippen molar-refractivity contribution in [1.29, 1.82) is 0 Å². The number of rotatable bonds is 6. The minimum atomic E-state index is -0.505. The highest BCUT2D eigenvalue weighted by atomic mass is 16.5. The Labute approximate surface area is 148 Å². The SMILES string of the molecule is CCOC(=O)C1=C(CNC2CCCC2)NC(=O)N[C@@H]1c1ccccc1. The average molecular weight is 343 g/mol. The molecule has 2 amide bonds. The van der Waals surface area contributed by atoms with Crippen molar-refractivity contribution in [2.75, 3.05) is 13.2 Å². The summed E-state index contributed by atoms with van der Waals surface area (Å²) in [6.45, 7) is 2.53. The lowest BCUT2D eigenvalue weighted by atomic mass is 9.95. The van der Waals surface area contributed by atoms with Crippen molar-refractivity contribution in [3.8, 4) is 0 Å². The molecule has 0 aromatic heterocycles. The van der Waals surface area contributed by atoms with Crippen LogP contribution in [-0.4, -0.2) is 31.2 Å². The van der Waals surface area contributed by atoms with Crippen molar-refractivity contribution < 1.29 is 14.3 Å². The molecule has 0 radical (unpaired) electrons. The number of urea groups is 1. The summed E-state index contributed by atoms with van der Waals surface area (Å²) in [6, 6.07) is 9.13. The van der Waals surface area contributed by atoms with Gasteiger partial charge in [-0.15, -0.1) is 0 Å². The highest BCUT2D eigenvalue weighted by Gasteiger charge is 2.33. The van der Waals surface area contributed by atoms with Gasteiger partial charge < -0.3 is 20.7 Å². The first-order valence-electron chi connectivity index (χ1n) is 8.95. The van der Waals surface area contributed by atoms with Crippen LogP contribution in [0.4, 0.5) is 4.79 Å². The van der Waals surface area contributed by atoms with Crippen molar-refractivity contribution in [3.63, 3.8) is 0 Å². The lowest BCUT2D eigenvalue weighted by molar-refractivity contribution is -0.139. The molecule has 0 unspecified atom stereocenters. The fraction of sp³-hybridized carbons (Fsp3) is 0.474. The predicted octanol–water partition coefficient (Wildman–Crippen LogP) is 2.39. The summed E-state index contributed by atoms with van der Waals surface area (Å²) < 4.78 is 5.25. The number of esters is 1. The van der Waals surface area contributed by atoms with Gasteiger partial charge in [-0.25, -0.2) is 9.59 Å². The zero-order valence-corrected chi connectivity index (χ0v) is 14.5.